The van der Waals surface area contributed by atoms with Crippen molar-refractivity contribution in [1.29, 1.82) is 0 Å². The number of hydrogen-bond acceptors (Lipinski definition) is 2. The summed E-state index contributed by atoms with van der Waals surface area (Å²) in [5.74, 6) is -0.274. The number of aliphatic hydroxyl groups is 1. The van der Waals surface area contributed by atoms with E-state index in [1.165, 1.54) is 12.1 Å². The van der Waals surface area contributed by atoms with E-state index in [-0.39, 0.29) is 11.9 Å². The van der Waals surface area contributed by atoms with Gasteiger partial charge in [0.05, 0.1) is 5.60 Å². The van der Waals surface area contributed by atoms with Crippen LogP contribution in [-0.4, -0.2) is 10.7 Å². The van der Waals surface area contributed by atoms with Crippen molar-refractivity contribution in [3.63, 3.8) is 0 Å². The van der Waals surface area contributed by atoms with Crippen LogP contribution in [0.25, 0.3) is 0 Å². The summed E-state index contributed by atoms with van der Waals surface area (Å²) < 4.78 is 12.6. The average Bonchev–Trinajstić information content (AvgIpc) is 2.02. The molecule has 0 aliphatic carbocycles. The smallest absolute Gasteiger partial charge is 0.123 e. The van der Waals surface area contributed by atoms with Gasteiger partial charge in [-0.25, -0.2) is 4.39 Å². The number of rotatable bonds is 3. The zero-order valence-corrected chi connectivity index (χ0v) is 8.50. The highest BCUT2D eigenvalue weighted by Crippen LogP contribution is 2.21. The number of nitrogens with two attached hydrogens (primary N) is 1. The summed E-state index contributed by atoms with van der Waals surface area (Å²) in [7, 11) is 0. The van der Waals surface area contributed by atoms with Gasteiger partial charge >= 0.3 is 0 Å². The fourth-order valence-electron chi connectivity index (χ4n) is 1.37. The first kappa shape index (κ1) is 11.1. The van der Waals surface area contributed by atoms with Crippen LogP contribution in [0.2, 0.25) is 0 Å². The highest BCUT2D eigenvalue weighted by Gasteiger charge is 2.18. The third-order valence-electron chi connectivity index (χ3n) is 2.02. The first-order valence-electron chi connectivity index (χ1n) is 4.62. The second-order valence-electron chi connectivity index (χ2n) is 4.17. The van der Waals surface area contributed by atoms with Crippen LogP contribution >= 0.6 is 0 Å². The third-order valence-corrected chi connectivity index (χ3v) is 2.02. The molecule has 3 heteroatoms. The van der Waals surface area contributed by atoms with Crippen LogP contribution in [0.3, 0.4) is 0 Å². The van der Waals surface area contributed by atoms with Crippen molar-refractivity contribution in [2.45, 2.75) is 31.9 Å². The Morgan fingerprint density at radius 2 is 1.86 bits per heavy atom. The fourth-order valence-corrected chi connectivity index (χ4v) is 1.37. The van der Waals surface area contributed by atoms with Crippen LogP contribution in [0.15, 0.2) is 24.3 Å². The molecule has 0 saturated carbocycles. The minimum atomic E-state index is -0.798. The quantitative estimate of drug-likeness (QED) is 0.778. The van der Waals surface area contributed by atoms with Crippen LogP contribution in [0, 0.1) is 5.82 Å². The SMILES string of the molecule is CC(C)(O)C[C@@H](N)c1ccc(F)cc1. The molecule has 78 valence electrons. The summed E-state index contributed by atoms with van der Waals surface area (Å²) >= 11 is 0. The Bertz CT molecular complexity index is 289. The normalized spacial score (nSPS) is 14.1. The summed E-state index contributed by atoms with van der Waals surface area (Å²) in [6.45, 7) is 3.41. The van der Waals surface area contributed by atoms with Crippen LogP contribution in [0.4, 0.5) is 4.39 Å². The lowest BCUT2D eigenvalue weighted by Gasteiger charge is -2.22. The highest BCUT2D eigenvalue weighted by atomic mass is 19.1. The summed E-state index contributed by atoms with van der Waals surface area (Å²) in [6.07, 6.45) is 0.457. The summed E-state index contributed by atoms with van der Waals surface area (Å²) in [5.41, 5.74) is 5.89. The zero-order chi connectivity index (χ0) is 10.8. The van der Waals surface area contributed by atoms with E-state index in [0.717, 1.165) is 5.56 Å². The lowest BCUT2D eigenvalue weighted by atomic mass is 9.95. The van der Waals surface area contributed by atoms with Gasteiger partial charge < -0.3 is 10.8 Å². The largest absolute Gasteiger partial charge is 0.390 e. The molecule has 2 nitrogen and oxygen atoms in total. The maximum absolute atomic E-state index is 12.6. The van der Waals surface area contributed by atoms with Crippen LogP contribution in [0.1, 0.15) is 31.9 Å². The van der Waals surface area contributed by atoms with Crippen molar-refractivity contribution in [3.8, 4) is 0 Å². The predicted octanol–water partition coefficient (Wildman–Crippen LogP) is 1.99. The standard InChI is InChI=1S/C11H16FNO/c1-11(2,14)7-10(13)8-3-5-9(12)6-4-8/h3-6,10,14H,7,13H2,1-2H3/t10-/m1/s1. The van der Waals surface area contributed by atoms with Crippen molar-refractivity contribution in [3.05, 3.63) is 35.6 Å². The predicted molar refractivity (Wildman–Crippen MR) is 54.2 cm³/mol. The topological polar surface area (TPSA) is 46.2 Å². The fraction of sp³-hybridized carbons (Fsp3) is 0.455. The van der Waals surface area contributed by atoms with E-state index in [0.29, 0.717) is 6.42 Å². The van der Waals surface area contributed by atoms with Crippen molar-refractivity contribution < 1.29 is 9.50 Å². The van der Waals surface area contributed by atoms with Crippen molar-refractivity contribution in [2.75, 3.05) is 0 Å². The Morgan fingerprint density at radius 3 is 2.29 bits per heavy atom. The molecular formula is C11H16FNO. The minimum Gasteiger partial charge on any atom is -0.390 e. The lowest BCUT2D eigenvalue weighted by molar-refractivity contribution is 0.0635. The molecule has 1 rings (SSSR count). The molecule has 0 fully saturated rings. The Morgan fingerprint density at radius 1 is 1.36 bits per heavy atom. The molecule has 1 atom stereocenters. The number of halogens is 1. The minimum absolute atomic E-state index is 0.254. The van der Waals surface area contributed by atoms with Gasteiger partial charge in [0, 0.05) is 6.04 Å². The van der Waals surface area contributed by atoms with E-state index in [9.17, 15) is 9.50 Å². The Kier molecular flexibility index (Phi) is 3.24. The molecule has 0 aliphatic heterocycles. The molecule has 0 heterocycles. The van der Waals surface area contributed by atoms with Gasteiger partial charge in [-0.15, -0.1) is 0 Å². The molecule has 1 aromatic carbocycles. The van der Waals surface area contributed by atoms with Gasteiger partial charge in [0.1, 0.15) is 5.82 Å². The van der Waals surface area contributed by atoms with Crippen LogP contribution < -0.4 is 5.73 Å². The van der Waals surface area contributed by atoms with Crippen LogP contribution in [0.5, 0.6) is 0 Å². The zero-order valence-electron chi connectivity index (χ0n) is 8.50. The molecule has 0 amide bonds. The molecule has 0 saturated heterocycles. The van der Waals surface area contributed by atoms with Crippen molar-refractivity contribution in [1.82, 2.24) is 0 Å². The lowest BCUT2D eigenvalue weighted by Crippen LogP contribution is -2.26. The van der Waals surface area contributed by atoms with E-state index >= 15 is 0 Å². The summed E-state index contributed by atoms with van der Waals surface area (Å²) in [4.78, 5) is 0. The average molecular weight is 197 g/mol. The maximum Gasteiger partial charge on any atom is 0.123 e. The third kappa shape index (κ3) is 3.44. The molecule has 0 aliphatic rings. The van der Waals surface area contributed by atoms with Crippen molar-refractivity contribution in [2.24, 2.45) is 5.73 Å². The maximum atomic E-state index is 12.6. The molecular weight excluding hydrogens is 181 g/mol. The molecule has 3 N–H and O–H groups in total. The van der Waals surface area contributed by atoms with Gasteiger partial charge in [0.2, 0.25) is 0 Å². The van der Waals surface area contributed by atoms with Gasteiger partial charge in [-0.3, -0.25) is 0 Å². The van der Waals surface area contributed by atoms with E-state index in [1.807, 2.05) is 0 Å². The second kappa shape index (κ2) is 4.07. The Labute approximate surface area is 83.6 Å². The first-order chi connectivity index (χ1) is 6.38. The number of benzene rings is 1. The molecule has 1 aromatic rings. The van der Waals surface area contributed by atoms with E-state index in [1.54, 1.807) is 26.0 Å². The van der Waals surface area contributed by atoms with Crippen molar-refractivity contribution >= 4 is 0 Å². The highest BCUT2D eigenvalue weighted by molar-refractivity contribution is 5.19. The van der Waals surface area contributed by atoms with Gasteiger partial charge in [-0.2, -0.15) is 0 Å². The Hall–Kier alpha value is -0.930. The molecule has 0 bridgehead atoms. The molecule has 0 unspecified atom stereocenters. The monoisotopic (exact) mass is 197 g/mol. The summed E-state index contributed by atoms with van der Waals surface area (Å²) in [6, 6.07) is 5.78. The van der Waals surface area contributed by atoms with E-state index in [4.69, 9.17) is 5.73 Å². The molecule has 0 spiro atoms. The Balaban J connectivity index is 2.70. The molecule has 0 radical (unpaired) electrons. The summed E-state index contributed by atoms with van der Waals surface area (Å²) in [5, 5.41) is 9.55. The van der Waals surface area contributed by atoms with Gasteiger partial charge in [0.15, 0.2) is 0 Å². The molecule has 0 aromatic heterocycles. The van der Waals surface area contributed by atoms with Crippen LogP contribution in [-0.2, 0) is 0 Å². The van der Waals surface area contributed by atoms with Gasteiger partial charge in [-0.05, 0) is 38.0 Å². The van der Waals surface area contributed by atoms with E-state index < -0.39 is 5.60 Å². The number of hydrogen-bond donors (Lipinski definition) is 2. The molecule has 14 heavy (non-hydrogen) atoms. The van der Waals surface area contributed by atoms with E-state index in [2.05, 4.69) is 0 Å². The second-order valence-corrected chi connectivity index (χ2v) is 4.17. The van der Waals surface area contributed by atoms with Gasteiger partial charge in [0.25, 0.3) is 0 Å². The first-order valence-corrected chi connectivity index (χ1v) is 4.62. The van der Waals surface area contributed by atoms with Gasteiger partial charge in [-0.1, -0.05) is 12.1 Å².